The van der Waals surface area contributed by atoms with Gasteiger partial charge >= 0.3 is 0 Å². The van der Waals surface area contributed by atoms with Gasteiger partial charge < -0.3 is 13.9 Å². The van der Waals surface area contributed by atoms with Crippen LogP contribution in [-0.4, -0.2) is 4.57 Å². The van der Waals surface area contributed by atoms with E-state index in [2.05, 4.69) is 204 Å². The van der Waals surface area contributed by atoms with Crippen molar-refractivity contribution in [1.29, 1.82) is 0 Å². The van der Waals surface area contributed by atoms with Gasteiger partial charge in [-0.3, -0.25) is 0 Å². The molecule has 3 nitrogen and oxygen atoms in total. The molecule has 1 aliphatic heterocycles. The fourth-order valence-corrected chi connectivity index (χ4v) is 12.0. The number of benzene rings is 8. The number of rotatable bonds is 3. The Morgan fingerprint density at radius 1 is 0.559 bits per heavy atom. The average molecular weight is 753 g/mol. The lowest BCUT2D eigenvalue weighted by atomic mass is 9.67. The lowest BCUT2D eigenvalue weighted by Gasteiger charge is -2.40. The minimum atomic E-state index is -0.504. The zero-order valence-electron chi connectivity index (χ0n) is 32.4. The summed E-state index contributed by atoms with van der Waals surface area (Å²) in [5.74, 6) is 0.00676. The first-order valence-corrected chi connectivity index (χ1v) is 20.8. The molecule has 0 saturated heterocycles. The topological polar surface area (TPSA) is 21.3 Å². The molecule has 8 aromatic carbocycles. The number of para-hydroxylation sites is 4. The van der Waals surface area contributed by atoms with Crippen LogP contribution in [0.15, 0.2) is 204 Å². The minimum Gasteiger partial charge on any atom is -0.454 e. The number of aromatic nitrogens is 1. The minimum absolute atomic E-state index is 0.00676. The first-order chi connectivity index (χ1) is 29.2. The monoisotopic (exact) mass is 752 g/mol. The van der Waals surface area contributed by atoms with Gasteiger partial charge in [-0.25, -0.2) is 0 Å². The molecule has 59 heavy (non-hydrogen) atoms. The number of allylic oxidation sites excluding steroid dienone is 4. The summed E-state index contributed by atoms with van der Waals surface area (Å²) in [6, 6.07) is 67.8. The highest BCUT2D eigenvalue weighted by Gasteiger charge is 2.57. The molecule has 0 amide bonds. The van der Waals surface area contributed by atoms with Crippen LogP contribution in [-0.2, 0) is 5.41 Å². The molecule has 0 radical (unpaired) electrons. The number of hydrogen-bond acceptors (Lipinski definition) is 2. The summed E-state index contributed by atoms with van der Waals surface area (Å²) < 4.78 is 9.63. The third kappa shape index (κ3) is 3.80. The van der Waals surface area contributed by atoms with E-state index >= 15 is 0 Å². The molecule has 2 unspecified atom stereocenters. The van der Waals surface area contributed by atoms with Crippen molar-refractivity contribution >= 4 is 60.7 Å². The Balaban J connectivity index is 1.17. The molecule has 276 valence electrons. The van der Waals surface area contributed by atoms with Gasteiger partial charge in [0.05, 0.1) is 28.6 Å². The molecule has 0 fully saturated rings. The molecule has 10 aromatic rings. The number of furan rings is 1. The summed E-state index contributed by atoms with van der Waals surface area (Å²) >= 11 is 0. The fraction of sp³-hybridized carbons (Fsp3) is 0.0714. The second-order valence-electron chi connectivity index (χ2n) is 16.8. The molecule has 14 rings (SSSR count). The standard InChI is InChI=1S/C56H36N2O/c1-33-15-12-16-34(31-33)57(48-29-14-23-40-38-20-6-11-30-50(38)59-55(40)48)49-32-46-51(54-52(49)42-24-13-22-39-37-19-5-10-28-47(37)58(54)53(39)42)41-21-4-9-27-45(41)56(46)43-25-7-2-17-35(43)36-18-3-8-26-44(36)56/h2-32,52,54H,1H3. The highest BCUT2D eigenvalue weighted by atomic mass is 16.3. The van der Waals surface area contributed by atoms with E-state index in [0.29, 0.717) is 0 Å². The van der Waals surface area contributed by atoms with E-state index in [-0.39, 0.29) is 12.0 Å². The molecule has 2 atom stereocenters. The average Bonchev–Trinajstić information content (AvgIpc) is 4.07. The van der Waals surface area contributed by atoms with Crippen LogP contribution in [0.1, 0.15) is 45.3 Å². The highest BCUT2D eigenvalue weighted by Crippen LogP contribution is 2.69. The fourth-order valence-electron chi connectivity index (χ4n) is 12.0. The Hall–Kier alpha value is -7.36. The maximum Gasteiger partial charge on any atom is 0.159 e. The van der Waals surface area contributed by atoms with Gasteiger partial charge in [-0.2, -0.15) is 0 Å². The summed E-state index contributed by atoms with van der Waals surface area (Å²) in [7, 11) is 0. The molecule has 0 N–H and O–H groups in total. The van der Waals surface area contributed by atoms with E-state index in [1.165, 1.54) is 83.2 Å². The van der Waals surface area contributed by atoms with Crippen molar-refractivity contribution in [2.45, 2.75) is 24.3 Å². The summed E-state index contributed by atoms with van der Waals surface area (Å²) in [6.45, 7) is 2.20. The van der Waals surface area contributed by atoms with Crippen LogP contribution in [0.5, 0.6) is 0 Å². The van der Waals surface area contributed by atoms with E-state index in [1.54, 1.807) is 0 Å². The van der Waals surface area contributed by atoms with Gasteiger partial charge in [0.15, 0.2) is 5.58 Å². The predicted molar refractivity (Wildman–Crippen MR) is 241 cm³/mol. The van der Waals surface area contributed by atoms with Crippen LogP contribution in [0.4, 0.5) is 11.4 Å². The molecule has 3 heterocycles. The Morgan fingerprint density at radius 3 is 1.98 bits per heavy atom. The van der Waals surface area contributed by atoms with Gasteiger partial charge in [0.2, 0.25) is 0 Å². The van der Waals surface area contributed by atoms with Crippen LogP contribution in [0.25, 0.3) is 60.4 Å². The molecular weight excluding hydrogens is 717 g/mol. The van der Waals surface area contributed by atoms with Crippen molar-refractivity contribution in [2.75, 3.05) is 4.90 Å². The van der Waals surface area contributed by atoms with E-state index in [4.69, 9.17) is 4.42 Å². The van der Waals surface area contributed by atoms with E-state index in [0.717, 1.165) is 33.3 Å². The summed E-state index contributed by atoms with van der Waals surface area (Å²) in [6.07, 6.45) is 2.62. The Morgan fingerprint density at radius 2 is 1.19 bits per heavy atom. The molecule has 2 aromatic heterocycles. The van der Waals surface area contributed by atoms with Gasteiger partial charge in [0, 0.05) is 38.4 Å². The zero-order chi connectivity index (χ0) is 38.6. The summed E-state index contributed by atoms with van der Waals surface area (Å²) in [5.41, 5.74) is 20.7. The number of hydrogen-bond donors (Lipinski definition) is 0. The maximum absolute atomic E-state index is 6.92. The quantitative estimate of drug-likeness (QED) is 0.179. The first kappa shape index (κ1) is 31.7. The van der Waals surface area contributed by atoms with Crippen LogP contribution >= 0.6 is 0 Å². The van der Waals surface area contributed by atoms with Gasteiger partial charge in [0.1, 0.15) is 5.58 Å². The highest BCUT2D eigenvalue weighted by molar-refractivity contribution is 6.13. The van der Waals surface area contributed by atoms with Crippen molar-refractivity contribution < 1.29 is 4.42 Å². The third-order valence-electron chi connectivity index (χ3n) is 14.0. The van der Waals surface area contributed by atoms with Gasteiger partial charge in [-0.05, 0) is 99.0 Å². The molecule has 1 spiro atoms. The first-order valence-electron chi connectivity index (χ1n) is 20.8. The van der Waals surface area contributed by atoms with E-state index < -0.39 is 5.41 Å². The second kappa shape index (κ2) is 11.2. The molecule has 0 bridgehead atoms. The lowest BCUT2D eigenvalue weighted by Crippen LogP contribution is -2.32. The van der Waals surface area contributed by atoms with Gasteiger partial charge in [-0.1, -0.05) is 152 Å². The Labute approximate surface area is 341 Å². The maximum atomic E-state index is 6.92. The number of aryl methyl sites for hydroxylation is 1. The molecule has 4 aliphatic rings. The van der Waals surface area contributed by atoms with E-state index in [9.17, 15) is 0 Å². The SMILES string of the molecule is Cc1cccc(N(C2=CC3=C(c4ccccc4C34c3ccccc3-c3ccccc34)C3C2c2cccc4c5ccccc5n3c24)c2cccc3c2oc2ccccc23)c1. The van der Waals surface area contributed by atoms with Crippen molar-refractivity contribution in [2.24, 2.45) is 0 Å². The smallest absolute Gasteiger partial charge is 0.159 e. The molecular formula is C56H36N2O. The van der Waals surface area contributed by atoms with Crippen LogP contribution in [0.3, 0.4) is 0 Å². The van der Waals surface area contributed by atoms with Crippen molar-refractivity contribution in [1.82, 2.24) is 4.57 Å². The summed E-state index contributed by atoms with van der Waals surface area (Å²) in [4.78, 5) is 2.55. The van der Waals surface area contributed by atoms with Gasteiger partial charge in [-0.15, -0.1) is 0 Å². The lowest BCUT2D eigenvalue weighted by molar-refractivity contribution is 0.593. The summed E-state index contributed by atoms with van der Waals surface area (Å²) in [5, 5.41) is 4.87. The van der Waals surface area contributed by atoms with Gasteiger partial charge in [0.25, 0.3) is 0 Å². The third-order valence-corrected chi connectivity index (χ3v) is 14.0. The zero-order valence-corrected chi connectivity index (χ0v) is 32.4. The second-order valence-corrected chi connectivity index (χ2v) is 16.8. The van der Waals surface area contributed by atoms with Crippen molar-refractivity contribution in [3.05, 3.63) is 233 Å². The molecule has 3 aliphatic carbocycles. The van der Waals surface area contributed by atoms with Crippen molar-refractivity contribution in [3.63, 3.8) is 0 Å². The Bertz CT molecular complexity index is 3510. The van der Waals surface area contributed by atoms with Crippen LogP contribution < -0.4 is 4.90 Å². The largest absolute Gasteiger partial charge is 0.454 e. The van der Waals surface area contributed by atoms with Crippen molar-refractivity contribution in [3.8, 4) is 11.1 Å². The molecule has 0 saturated carbocycles. The van der Waals surface area contributed by atoms with Crippen LogP contribution in [0, 0.1) is 6.92 Å². The molecule has 3 heteroatoms. The number of nitrogens with zero attached hydrogens (tertiary/aromatic N) is 2. The normalized spacial score (nSPS) is 17.7. The number of fused-ring (bicyclic) bond motifs is 19. The number of anilines is 2. The predicted octanol–water partition coefficient (Wildman–Crippen LogP) is 14.2. The Kier molecular flexibility index (Phi) is 6.01. The van der Waals surface area contributed by atoms with Crippen LogP contribution in [0.2, 0.25) is 0 Å². The van der Waals surface area contributed by atoms with E-state index in [1.807, 2.05) is 0 Å².